The summed E-state index contributed by atoms with van der Waals surface area (Å²) in [5.41, 5.74) is 1.17. The first kappa shape index (κ1) is 16.4. The van der Waals surface area contributed by atoms with Crippen LogP contribution in [0, 0.1) is 0 Å². The van der Waals surface area contributed by atoms with E-state index in [1.807, 2.05) is 12.1 Å². The van der Waals surface area contributed by atoms with Gasteiger partial charge in [-0.15, -0.1) is 0 Å². The summed E-state index contributed by atoms with van der Waals surface area (Å²) in [6.45, 7) is 1.68. The number of hydrogen-bond acceptors (Lipinski definition) is 4. The van der Waals surface area contributed by atoms with Crippen LogP contribution in [0.25, 0.3) is 0 Å². The Bertz CT molecular complexity index is 524. The number of aryl methyl sites for hydroxylation is 1. The monoisotopic (exact) mass is 312 g/mol. The Kier molecular flexibility index (Phi) is 6.17. The quantitative estimate of drug-likeness (QED) is 0.639. The van der Waals surface area contributed by atoms with Crippen molar-refractivity contribution in [1.29, 1.82) is 0 Å². The average molecular weight is 312 g/mol. The Morgan fingerprint density at radius 3 is 2.52 bits per heavy atom. The van der Waals surface area contributed by atoms with Crippen LogP contribution in [-0.4, -0.2) is 41.3 Å². The van der Waals surface area contributed by atoms with Gasteiger partial charge in [-0.3, -0.25) is 0 Å². The molecule has 0 radical (unpaired) electrons. The van der Waals surface area contributed by atoms with Crippen molar-refractivity contribution in [2.24, 2.45) is 0 Å². The maximum atomic E-state index is 12.0. The fraction of sp³-hybridized carbons (Fsp3) is 0.600. The van der Waals surface area contributed by atoms with E-state index >= 15 is 0 Å². The van der Waals surface area contributed by atoms with Crippen LogP contribution in [0.2, 0.25) is 0 Å². The first-order chi connectivity index (χ1) is 10.1. The zero-order valence-electron chi connectivity index (χ0n) is 12.5. The molecule has 1 aromatic rings. The normalized spacial score (nSPS) is 15.3. The van der Waals surface area contributed by atoms with E-state index in [0.717, 1.165) is 25.4 Å². The van der Waals surface area contributed by atoms with E-state index in [1.54, 1.807) is 19.2 Å². The fourth-order valence-electron chi connectivity index (χ4n) is 2.08. The van der Waals surface area contributed by atoms with Gasteiger partial charge in [-0.2, -0.15) is 0 Å². The van der Waals surface area contributed by atoms with Gasteiger partial charge in [-0.1, -0.05) is 12.1 Å². The maximum Gasteiger partial charge on any atom is 0.240 e. The molecule has 1 saturated carbocycles. The van der Waals surface area contributed by atoms with Gasteiger partial charge in [-0.25, -0.2) is 13.1 Å². The Labute approximate surface area is 127 Å². The van der Waals surface area contributed by atoms with Gasteiger partial charge in [0.05, 0.1) is 11.5 Å². The van der Waals surface area contributed by atoms with Crippen molar-refractivity contribution in [3.05, 3.63) is 29.8 Å². The summed E-state index contributed by atoms with van der Waals surface area (Å²) in [5, 5.41) is 3.47. The topological polar surface area (TPSA) is 67.4 Å². The number of ether oxygens (including phenoxy) is 1. The van der Waals surface area contributed by atoms with Gasteiger partial charge in [0.15, 0.2) is 0 Å². The third-order valence-electron chi connectivity index (χ3n) is 3.48. The second kappa shape index (κ2) is 7.89. The lowest BCUT2D eigenvalue weighted by molar-refractivity contribution is 0.204. The summed E-state index contributed by atoms with van der Waals surface area (Å²) < 4.78 is 31.3. The molecule has 1 aliphatic rings. The first-order valence-electron chi connectivity index (χ1n) is 7.43. The second-order valence-corrected chi connectivity index (χ2v) is 7.13. The van der Waals surface area contributed by atoms with E-state index in [9.17, 15) is 8.42 Å². The van der Waals surface area contributed by atoms with E-state index < -0.39 is 10.0 Å². The Morgan fingerprint density at radius 2 is 1.90 bits per heavy atom. The summed E-state index contributed by atoms with van der Waals surface area (Å²) in [4.78, 5) is 0.304. The highest BCUT2D eigenvalue weighted by atomic mass is 32.2. The van der Waals surface area contributed by atoms with Crippen molar-refractivity contribution in [1.82, 2.24) is 10.0 Å². The first-order valence-corrected chi connectivity index (χ1v) is 8.91. The van der Waals surface area contributed by atoms with Gasteiger partial charge < -0.3 is 10.1 Å². The van der Waals surface area contributed by atoms with Crippen molar-refractivity contribution < 1.29 is 13.2 Å². The molecule has 0 saturated heterocycles. The van der Waals surface area contributed by atoms with Gasteiger partial charge in [0.1, 0.15) is 0 Å². The highest BCUT2D eigenvalue weighted by molar-refractivity contribution is 7.89. The molecule has 2 N–H and O–H groups in total. The number of rotatable bonds is 10. The van der Waals surface area contributed by atoms with Gasteiger partial charge >= 0.3 is 0 Å². The lowest BCUT2D eigenvalue weighted by Gasteiger charge is -2.07. The van der Waals surface area contributed by atoms with Crippen molar-refractivity contribution in [2.75, 3.05) is 26.8 Å². The molecule has 0 atom stereocenters. The minimum atomic E-state index is -3.42. The largest absolute Gasteiger partial charge is 0.383 e. The molecular weight excluding hydrogens is 288 g/mol. The molecule has 0 heterocycles. The lowest BCUT2D eigenvalue weighted by atomic mass is 10.1. The van der Waals surface area contributed by atoms with Crippen LogP contribution in [-0.2, 0) is 21.2 Å². The van der Waals surface area contributed by atoms with Crippen LogP contribution in [0.5, 0.6) is 0 Å². The number of methoxy groups -OCH3 is 1. The average Bonchev–Trinajstić information content (AvgIpc) is 3.28. The molecule has 1 fully saturated rings. The SMILES string of the molecule is COCCNS(=O)(=O)c1ccc(CCCNC2CC2)cc1. The van der Waals surface area contributed by atoms with Crippen LogP contribution in [0.4, 0.5) is 0 Å². The van der Waals surface area contributed by atoms with Gasteiger partial charge in [0.2, 0.25) is 10.0 Å². The Morgan fingerprint density at radius 1 is 1.19 bits per heavy atom. The van der Waals surface area contributed by atoms with E-state index in [-0.39, 0.29) is 6.54 Å². The molecule has 0 aliphatic heterocycles. The van der Waals surface area contributed by atoms with Gasteiger partial charge in [0.25, 0.3) is 0 Å². The molecule has 6 heteroatoms. The summed E-state index contributed by atoms with van der Waals surface area (Å²) in [5.74, 6) is 0. The fourth-order valence-corrected chi connectivity index (χ4v) is 3.10. The summed E-state index contributed by atoms with van der Waals surface area (Å²) >= 11 is 0. The Hall–Kier alpha value is -0.950. The van der Waals surface area contributed by atoms with Gasteiger partial charge in [-0.05, 0) is 49.9 Å². The minimum Gasteiger partial charge on any atom is -0.383 e. The molecule has 2 rings (SSSR count). The summed E-state index contributed by atoms with van der Waals surface area (Å²) in [6.07, 6.45) is 4.66. The van der Waals surface area contributed by atoms with Crippen LogP contribution in [0.3, 0.4) is 0 Å². The number of benzene rings is 1. The molecule has 0 aromatic heterocycles. The van der Waals surface area contributed by atoms with Crippen LogP contribution in [0.1, 0.15) is 24.8 Å². The smallest absolute Gasteiger partial charge is 0.240 e. The molecule has 0 bridgehead atoms. The van der Waals surface area contributed by atoms with Crippen molar-refractivity contribution in [3.8, 4) is 0 Å². The minimum absolute atomic E-state index is 0.285. The predicted octanol–water partition coefficient (Wildman–Crippen LogP) is 1.30. The Balaban J connectivity index is 1.79. The van der Waals surface area contributed by atoms with Crippen LogP contribution >= 0.6 is 0 Å². The highest BCUT2D eigenvalue weighted by Gasteiger charge is 2.19. The summed E-state index contributed by atoms with van der Waals surface area (Å²) in [6, 6.07) is 7.86. The number of nitrogens with one attached hydrogen (secondary N) is 2. The molecule has 0 spiro atoms. The van der Waals surface area contributed by atoms with Crippen molar-refractivity contribution in [3.63, 3.8) is 0 Å². The predicted molar refractivity (Wildman–Crippen MR) is 82.9 cm³/mol. The maximum absolute atomic E-state index is 12.0. The molecule has 1 aliphatic carbocycles. The number of hydrogen-bond donors (Lipinski definition) is 2. The van der Waals surface area contributed by atoms with E-state index in [1.165, 1.54) is 18.4 Å². The molecule has 21 heavy (non-hydrogen) atoms. The van der Waals surface area contributed by atoms with Crippen LogP contribution < -0.4 is 10.0 Å². The third kappa shape index (κ3) is 5.74. The van der Waals surface area contributed by atoms with E-state index in [4.69, 9.17) is 4.74 Å². The zero-order chi connectivity index (χ0) is 15.1. The molecule has 118 valence electrons. The molecule has 0 amide bonds. The molecule has 1 aromatic carbocycles. The van der Waals surface area contributed by atoms with E-state index in [0.29, 0.717) is 11.5 Å². The van der Waals surface area contributed by atoms with Crippen molar-refractivity contribution in [2.45, 2.75) is 36.6 Å². The van der Waals surface area contributed by atoms with E-state index in [2.05, 4.69) is 10.0 Å². The molecule has 0 unspecified atom stereocenters. The standard InChI is InChI=1S/C15H24N2O3S/c1-20-12-11-17-21(18,19)15-8-4-13(5-9-15)3-2-10-16-14-6-7-14/h4-5,8-9,14,16-17H,2-3,6-7,10-12H2,1H3. The molecular formula is C15H24N2O3S. The van der Waals surface area contributed by atoms with Crippen LogP contribution in [0.15, 0.2) is 29.2 Å². The number of sulfonamides is 1. The molecule has 5 nitrogen and oxygen atoms in total. The zero-order valence-corrected chi connectivity index (χ0v) is 13.3. The van der Waals surface area contributed by atoms with Gasteiger partial charge in [0, 0.05) is 19.7 Å². The summed E-state index contributed by atoms with van der Waals surface area (Å²) in [7, 11) is -1.88. The lowest BCUT2D eigenvalue weighted by Crippen LogP contribution is -2.27. The third-order valence-corrected chi connectivity index (χ3v) is 4.96. The highest BCUT2D eigenvalue weighted by Crippen LogP contribution is 2.18. The second-order valence-electron chi connectivity index (χ2n) is 5.37. The van der Waals surface area contributed by atoms with Crippen molar-refractivity contribution >= 4 is 10.0 Å².